The van der Waals surface area contributed by atoms with Crippen LogP contribution in [0.3, 0.4) is 0 Å². The van der Waals surface area contributed by atoms with Crippen molar-refractivity contribution in [3.8, 4) is 11.6 Å². The molecule has 3 aromatic rings. The molecule has 0 atom stereocenters. The minimum Gasteiger partial charge on any atom is -0.446 e. The van der Waals surface area contributed by atoms with Crippen LogP contribution in [0.1, 0.15) is 24.7 Å². The van der Waals surface area contributed by atoms with Crippen molar-refractivity contribution in [2.45, 2.75) is 25.4 Å². The Morgan fingerprint density at radius 2 is 2.15 bits per heavy atom. The molecule has 1 saturated carbocycles. The number of aromatic nitrogens is 8. The van der Waals surface area contributed by atoms with Gasteiger partial charge in [0.05, 0.1) is 6.04 Å². The predicted molar refractivity (Wildman–Crippen MR) is 68.4 cm³/mol. The van der Waals surface area contributed by atoms with E-state index in [-0.39, 0.29) is 0 Å². The first kappa shape index (κ1) is 11.7. The Hall–Kier alpha value is -2.10. The number of nitrogens with zero attached hydrogens (tertiary/aromatic N) is 8. The van der Waals surface area contributed by atoms with Gasteiger partial charge >= 0.3 is 0 Å². The fourth-order valence-corrected chi connectivity index (χ4v) is 2.20. The lowest BCUT2D eigenvalue weighted by Gasteiger charge is -2.00. The lowest BCUT2D eigenvalue weighted by molar-refractivity contribution is 0.508. The van der Waals surface area contributed by atoms with E-state index in [1.54, 1.807) is 12.1 Å². The highest BCUT2D eigenvalue weighted by atomic mass is 79.9. The molecule has 0 aromatic carbocycles. The standard InChI is InChI=1S/C10H9BrN8O/c11-8-4-3-7(20-8)10-13-16-18(14-10)5-9-12-15-17-19(9)6-1-2-6/h3-4,6H,1-2,5H2. The monoisotopic (exact) mass is 336 g/mol. The Morgan fingerprint density at radius 3 is 2.90 bits per heavy atom. The van der Waals surface area contributed by atoms with Gasteiger partial charge in [-0.25, -0.2) is 4.68 Å². The summed E-state index contributed by atoms with van der Waals surface area (Å²) < 4.78 is 7.84. The largest absolute Gasteiger partial charge is 0.446 e. The van der Waals surface area contributed by atoms with Gasteiger partial charge in [0.2, 0.25) is 5.82 Å². The van der Waals surface area contributed by atoms with Crippen molar-refractivity contribution in [1.82, 2.24) is 40.4 Å². The van der Waals surface area contributed by atoms with Gasteiger partial charge in [-0.3, -0.25) is 0 Å². The molecule has 0 radical (unpaired) electrons. The topological polar surface area (TPSA) is 100 Å². The molecule has 0 amide bonds. The summed E-state index contributed by atoms with van der Waals surface area (Å²) in [5.74, 6) is 1.73. The normalized spacial score (nSPS) is 14.8. The Kier molecular flexibility index (Phi) is 2.62. The van der Waals surface area contributed by atoms with Gasteiger partial charge in [-0.1, -0.05) is 0 Å². The maximum atomic E-state index is 5.38. The van der Waals surface area contributed by atoms with Crippen LogP contribution in [0.5, 0.6) is 0 Å². The van der Waals surface area contributed by atoms with Crippen LogP contribution in [0.4, 0.5) is 0 Å². The number of hydrogen-bond donors (Lipinski definition) is 0. The Labute approximate surface area is 121 Å². The van der Waals surface area contributed by atoms with E-state index in [1.807, 2.05) is 4.68 Å². The lowest BCUT2D eigenvalue weighted by Crippen LogP contribution is -2.11. The third-order valence-corrected chi connectivity index (χ3v) is 3.41. The van der Waals surface area contributed by atoms with Crippen LogP contribution in [0, 0.1) is 0 Å². The lowest BCUT2D eigenvalue weighted by atomic mass is 10.4. The van der Waals surface area contributed by atoms with Crippen LogP contribution in [0.2, 0.25) is 0 Å². The molecule has 3 aromatic heterocycles. The number of rotatable bonds is 4. The summed E-state index contributed by atoms with van der Waals surface area (Å²) in [6.07, 6.45) is 2.24. The second-order valence-corrected chi connectivity index (χ2v) is 5.30. The quantitative estimate of drug-likeness (QED) is 0.702. The molecule has 20 heavy (non-hydrogen) atoms. The molecule has 0 unspecified atom stereocenters. The SMILES string of the molecule is Brc1ccc(-c2nnn(Cc3nnnn3C3CC3)n2)o1. The van der Waals surface area contributed by atoms with Crippen LogP contribution >= 0.6 is 15.9 Å². The van der Waals surface area contributed by atoms with Gasteiger partial charge in [-0.2, -0.15) is 4.80 Å². The molecule has 9 nitrogen and oxygen atoms in total. The molecule has 0 bridgehead atoms. The van der Waals surface area contributed by atoms with Crippen molar-refractivity contribution in [2.75, 3.05) is 0 Å². The van der Waals surface area contributed by atoms with Gasteiger partial charge in [-0.15, -0.1) is 15.3 Å². The third-order valence-electron chi connectivity index (χ3n) is 2.98. The number of furan rings is 1. The van der Waals surface area contributed by atoms with Crippen molar-refractivity contribution in [3.05, 3.63) is 22.6 Å². The summed E-state index contributed by atoms with van der Waals surface area (Å²) in [5.41, 5.74) is 0. The van der Waals surface area contributed by atoms with Crippen molar-refractivity contribution in [3.63, 3.8) is 0 Å². The molecule has 10 heteroatoms. The van der Waals surface area contributed by atoms with Gasteiger partial charge in [0, 0.05) is 0 Å². The first-order chi connectivity index (χ1) is 9.79. The third kappa shape index (κ3) is 2.11. The van der Waals surface area contributed by atoms with E-state index < -0.39 is 0 Å². The van der Waals surface area contributed by atoms with Crippen molar-refractivity contribution < 1.29 is 4.42 Å². The first-order valence-corrected chi connectivity index (χ1v) is 6.89. The zero-order valence-corrected chi connectivity index (χ0v) is 11.8. The molecular weight excluding hydrogens is 328 g/mol. The van der Waals surface area contributed by atoms with Gasteiger partial charge in [-0.05, 0) is 56.5 Å². The Bertz CT molecular complexity index is 742. The van der Waals surface area contributed by atoms with E-state index in [9.17, 15) is 0 Å². The highest BCUT2D eigenvalue weighted by Gasteiger charge is 2.28. The second kappa shape index (κ2) is 4.47. The van der Waals surface area contributed by atoms with Crippen LogP contribution in [0.15, 0.2) is 21.2 Å². The first-order valence-electron chi connectivity index (χ1n) is 6.10. The summed E-state index contributed by atoms with van der Waals surface area (Å²) in [5, 5.41) is 23.9. The van der Waals surface area contributed by atoms with Crippen LogP contribution < -0.4 is 0 Å². The van der Waals surface area contributed by atoms with E-state index in [0.29, 0.717) is 28.8 Å². The van der Waals surface area contributed by atoms with E-state index >= 15 is 0 Å². The number of hydrogen-bond acceptors (Lipinski definition) is 7. The average molecular weight is 337 g/mol. The van der Waals surface area contributed by atoms with E-state index in [0.717, 1.165) is 18.7 Å². The van der Waals surface area contributed by atoms with Crippen LogP contribution in [-0.4, -0.2) is 40.4 Å². The molecule has 0 saturated heterocycles. The number of halogens is 1. The molecule has 0 N–H and O–H groups in total. The number of tetrazole rings is 2. The Morgan fingerprint density at radius 1 is 1.25 bits per heavy atom. The van der Waals surface area contributed by atoms with Gasteiger partial charge in [0.25, 0.3) is 0 Å². The summed E-state index contributed by atoms with van der Waals surface area (Å²) in [4.78, 5) is 1.45. The maximum Gasteiger partial charge on any atom is 0.240 e. The minimum absolute atomic E-state index is 0.387. The predicted octanol–water partition coefficient (Wildman–Crippen LogP) is 1.07. The maximum absolute atomic E-state index is 5.38. The van der Waals surface area contributed by atoms with Crippen molar-refractivity contribution in [1.29, 1.82) is 0 Å². The molecule has 1 aliphatic carbocycles. The van der Waals surface area contributed by atoms with Crippen molar-refractivity contribution >= 4 is 15.9 Å². The summed E-state index contributed by atoms with van der Waals surface area (Å²) in [6.45, 7) is 0.387. The molecule has 0 spiro atoms. The van der Waals surface area contributed by atoms with Gasteiger partial charge in [0.1, 0.15) is 6.54 Å². The van der Waals surface area contributed by atoms with Gasteiger partial charge < -0.3 is 4.42 Å². The van der Waals surface area contributed by atoms with Crippen LogP contribution in [-0.2, 0) is 6.54 Å². The van der Waals surface area contributed by atoms with E-state index in [2.05, 4.69) is 46.9 Å². The Balaban J connectivity index is 1.57. The zero-order valence-electron chi connectivity index (χ0n) is 10.2. The molecule has 0 aliphatic heterocycles. The van der Waals surface area contributed by atoms with E-state index in [1.165, 1.54) is 4.80 Å². The molecule has 3 heterocycles. The zero-order chi connectivity index (χ0) is 13.5. The highest BCUT2D eigenvalue weighted by molar-refractivity contribution is 9.10. The van der Waals surface area contributed by atoms with Gasteiger partial charge in [0.15, 0.2) is 16.3 Å². The molecule has 102 valence electrons. The summed E-state index contributed by atoms with van der Waals surface area (Å²) in [6, 6.07) is 3.98. The average Bonchev–Trinajstić information content (AvgIpc) is 2.87. The molecular formula is C10H9BrN8O. The molecule has 1 aliphatic rings. The minimum atomic E-state index is 0.387. The molecule has 1 fully saturated rings. The summed E-state index contributed by atoms with van der Waals surface area (Å²) in [7, 11) is 0. The highest BCUT2D eigenvalue weighted by Crippen LogP contribution is 2.34. The second-order valence-electron chi connectivity index (χ2n) is 4.52. The fourth-order valence-electron chi connectivity index (χ4n) is 1.89. The molecule has 4 rings (SSSR count). The van der Waals surface area contributed by atoms with Crippen LogP contribution in [0.25, 0.3) is 11.6 Å². The van der Waals surface area contributed by atoms with E-state index in [4.69, 9.17) is 4.42 Å². The summed E-state index contributed by atoms with van der Waals surface area (Å²) >= 11 is 3.24. The smallest absolute Gasteiger partial charge is 0.240 e. The fraction of sp³-hybridized carbons (Fsp3) is 0.400. The van der Waals surface area contributed by atoms with Crippen molar-refractivity contribution in [2.24, 2.45) is 0 Å².